The summed E-state index contributed by atoms with van der Waals surface area (Å²) >= 11 is 6.30. The third-order valence-electron chi connectivity index (χ3n) is 4.05. The van der Waals surface area contributed by atoms with Crippen LogP contribution in [0.5, 0.6) is 0 Å². The SMILES string of the molecule is Cc1c(CCC(=O)O)c(=O)c2cccc(Cl)c2n1C1CC1. The zero-order valence-electron chi connectivity index (χ0n) is 11.7. The highest BCUT2D eigenvalue weighted by Gasteiger charge is 2.28. The Kier molecular flexibility index (Phi) is 3.49. The molecule has 0 atom stereocenters. The first kappa shape index (κ1) is 14.1. The van der Waals surface area contributed by atoms with Gasteiger partial charge in [0.2, 0.25) is 0 Å². The van der Waals surface area contributed by atoms with E-state index in [1.807, 2.05) is 6.92 Å². The summed E-state index contributed by atoms with van der Waals surface area (Å²) in [5.74, 6) is -0.891. The molecule has 0 bridgehead atoms. The summed E-state index contributed by atoms with van der Waals surface area (Å²) in [4.78, 5) is 23.5. The number of rotatable bonds is 4. The minimum Gasteiger partial charge on any atom is -0.481 e. The highest BCUT2D eigenvalue weighted by atomic mass is 35.5. The van der Waals surface area contributed by atoms with E-state index >= 15 is 0 Å². The van der Waals surface area contributed by atoms with Crippen molar-refractivity contribution in [3.63, 3.8) is 0 Å². The normalized spacial score (nSPS) is 14.6. The molecule has 0 amide bonds. The fourth-order valence-corrected chi connectivity index (χ4v) is 3.16. The summed E-state index contributed by atoms with van der Waals surface area (Å²) in [6.45, 7) is 1.89. The van der Waals surface area contributed by atoms with Gasteiger partial charge in [-0.15, -0.1) is 0 Å². The molecular weight excluding hydrogens is 290 g/mol. The van der Waals surface area contributed by atoms with Crippen molar-refractivity contribution in [1.82, 2.24) is 4.57 Å². The summed E-state index contributed by atoms with van der Waals surface area (Å²) in [5, 5.41) is 10.0. The number of aliphatic carboxylic acids is 1. The van der Waals surface area contributed by atoms with Crippen LogP contribution in [0.15, 0.2) is 23.0 Å². The quantitative estimate of drug-likeness (QED) is 0.942. The summed E-state index contributed by atoms with van der Waals surface area (Å²) in [7, 11) is 0. The Hall–Kier alpha value is -1.81. The van der Waals surface area contributed by atoms with Gasteiger partial charge in [0, 0.05) is 29.1 Å². The van der Waals surface area contributed by atoms with Crippen molar-refractivity contribution in [2.45, 2.75) is 38.6 Å². The second-order valence-electron chi connectivity index (χ2n) is 5.52. The third kappa shape index (κ3) is 2.44. The Balaban J connectivity index is 2.29. The predicted octanol–water partition coefficient (Wildman–Crippen LogP) is 3.32. The van der Waals surface area contributed by atoms with E-state index in [0.717, 1.165) is 24.1 Å². The van der Waals surface area contributed by atoms with Gasteiger partial charge in [0.25, 0.3) is 0 Å². The Morgan fingerprint density at radius 2 is 2.14 bits per heavy atom. The lowest BCUT2D eigenvalue weighted by Crippen LogP contribution is -2.19. The highest BCUT2D eigenvalue weighted by Crippen LogP contribution is 2.40. The zero-order valence-corrected chi connectivity index (χ0v) is 12.5. The van der Waals surface area contributed by atoms with Gasteiger partial charge in [-0.1, -0.05) is 17.7 Å². The van der Waals surface area contributed by atoms with Gasteiger partial charge in [0.1, 0.15) is 0 Å². The first-order chi connectivity index (χ1) is 10.0. The number of fused-ring (bicyclic) bond motifs is 1. The fraction of sp³-hybridized carbons (Fsp3) is 0.375. The lowest BCUT2D eigenvalue weighted by atomic mass is 10.0. The van der Waals surface area contributed by atoms with Crippen LogP contribution in [0, 0.1) is 6.92 Å². The molecule has 21 heavy (non-hydrogen) atoms. The fourth-order valence-electron chi connectivity index (χ4n) is 2.90. The van der Waals surface area contributed by atoms with Crippen molar-refractivity contribution in [1.29, 1.82) is 0 Å². The molecule has 1 aliphatic carbocycles. The molecule has 1 heterocycles. The van der Waals surface area contributed by atoms with Crippen molar-refractivity contribution in [2.24, 2.45) is 0 Å². The van der Waals surface area contributed by atoms with E-state index < -0.39 is 5.97 Å². The number of para-hydroxylation sites is 1. The standard InChI is InChI=1S/C16H16ClNO3/c1-9-11(7-8-14(19)20)16(21)12-3-2-4-13(17)15(12)18(9)10-5-6-10/h2-4,10H,5-8H2,1H3,(H,19,20). The van der Waals surface area contributed by atoms with Gasteiger partial charge >= 0.3 is 5.97 Å². The molecule has 1 aliphatic rings. The molecule has 0 radical (unpaired) electrons. The molecule has 1 N–H and O–H groups in total. The number of aromatic nitrogens is 1. The second-order valence-corrected chi connectivity index (χ2v) is 5.93. The molecule has 4 nitrogen and oxygen atoms in total. The maximum absolute atomic E-state index is 12.6. The molecule has 1 aromatic carbocycles. The van der Waals surface area contributed by atoms with E-state index in [1.165, 1.54) is 0 Å². The molecule has 0 saturated heterocycles. The molecule has 1 fully saturated rings. The summed E-state index contributed by atoms with van der Waals surface area (Å²) in [6.07, 6.45) is 2.37. The van der Waals surface area contributed by atoms with Gasteiger partial charge in [-0.2, -0.15) is 0 Å². The number of carboxylic acids is 1. The summed E-state index contributed by atoms with van der Waals surface area (Å²) < 4.78 is 2.12. The number of hydrogen-bond donors (Lipinski definition) is 1. The Morgan fingerprint density at radius 1 is 1.43 bits per heavy atom. The average Bonchev–Trinajstić information content (AvgIpc) is 3.24. The van der Waals surface area contributed by atoms with Crippen molar-refractivity contribution in [3.05, 3.63) is 44.7 Å². The molecule has 1 aromatic heterocycles. The van der Waals surface area contributed by atoms with Crippen molar-refractivity contribution >= 4 is 28.5 Å². The Morgan fingerprint density at radius 3 is 2.76 bits per heavy atom. The molecule has 0 aliphatic heterocycles. The van der Waals surface area contributed by atoms with E-state index in [4.69, 9.17) is 16.7 Å². The van der Waals surface area contributed by atoms with Gasteiger partial charge in [0.15, 0.2) is 5.43 Å². The summed E-state index contributed by atoms with van der Waals surface area (Å²) in [5.41, 5.74) is 2.13. The van der Waals surface area contributed by atoms with E-state index in [0.29, 0.717) is 22.0 Å². The molecular formula is C16H16ClNO3. The van der Waals surface area contributed by atoms with E-state index in [-0.39, 0.29) is 18.3 Å². The Labute approximate surface area is 127 Å². The van der Waals surface area contributed by atoms with Crippen LogP contribution >= 0.6 is 11.6 Å². The van der Waals surface area contributed by atoms with E-state index in [1.54, 1.807) is 18.2 Å². The number of hydrogen-bond acceptors (Lipinski definition) is 2. The molecule has 110 valence electrons. The number of benzene rings is 1. The van der Waals surface area contributed by atoms with Crippen LogP contribution in [0.1, 0.15) is 36.6 Å². The first-order valence-electron chi connectivity index (χ1n) is 7.04. The molecule has 2 aromatic rings. The van der Waals surface area contributed by atoms with Crippen molar-refractivity contribution in [2.75, 3.05) is 0 Å². The predicted molar refractivity (Wildman–Crippen MR) is 82.2 cm³/mol. The van der Waals surface area contributed by atoms with Crippen LogP contribution in [-0.4, -0.2) is 15.6 Å². The smallest absolute Gasteiger partial charge is 0.303 e. The maximum Gasteiger partial charge on any atom is 0.303 e. The van der Waals surface area contributed by atoms with Crippen LogP contribution in [0.2, 0.25) is 5.02 Å². The highest BCUT2D eigenvalue weighted by molar-refractivity contribution is 6.35. The minimum atomic E-state index is -0.891. The molecule has 5 heteroatoms. The van der Waals surface area contributed by atoms with Gasteiger partial charge in [-0.3, -0.25) is 9.59 Å². The lowest BCUT2D eigenvalue weighted by molar-refractivity contribution is -0.136. The van der Waals surface area contributed by atoms with Crippen molar-refractivity contribution in [3.8, 4) is 0 Å². The Bertz CT molecular complexity index is 790. The van der Waals surface area contributed by atoms with Crippen LogP contribution in [0.25, 0.3) is 10.9 Å². The van der Waals surface area contributed by atoms with Gasteiger partial charge < -0.3 is 9.67 Å². The second kappa shape index (κ2) is 5.19. The van der Waals surface area contributed by atoms with Crippen LogP contribution in [0.4, 0.5) is 0 Å². The molecule has 3 rings (SSSR count). The maximum atomic E-state index is 12.6. The van der Waals surface area contributed by atoms with E-state index in [2.05, 4.69) is 4.57 Å². The minimum absolute atomic E-state index is 0.0349. The monoisotopic (exact) mass is 305 g/mol. The first-order valence-corrected chi connectivity index (χ1v) is 7.42. The molecule has 0 spiro atoms. The third-order valence-corrected chi connectivity index (χ3v) is 4.35. The molecule has 1 saturated carbocycles. The lowest BCUT2D eigenvalue weighted by Gasteiger charge is -2.18. The largest absolute Gasteiger partial charge is 0.481 e. The van der Waals surface area contributed by atoms with Crippen LogP contribution in [0.3, 0.4) is 0 Å². The van der Waals surface area contributed by atoms with Gasteiger partial charge in [-0.05, 0) is 38.3 Å². The number of carboxylic acid groups (broad SMARTS) is 1. The number of pyridine rings is 1. The summed E-state index contributed by atoms with van der Waals surface area (Å²) in [6, 6.07) is 5.70. The average molecular weight is 306 g/mol. The topological polar surface area (TPSA) is 59.3 Å². The van der Waals surface area contributed by atoms with Crippen LogP contribution in [-0.2, 0) is 11.2 Å². The van der Waals surface area contributed by atoms with Gasteiger partial charge in [0.05, 0.1) is 10.5 Å². The molecule has 0 unspecified atom stereocenters. The van der Waals surface area contributed by atoms with Crippen LogP contribution < -0.4 is 5.43 Å². The van der Waals surface area contributed by atoms with Crippen molar-refractivity contribution < 1.29 is 9.90 Å². The van der Waals surface area contributed by atoms with Gasteiger partial charge in [-0.25, -0.2) is 0 Å². The number of carbonyl (C=O) groups is 1. The van der Waals surface area contributed by atoms with E-state index in [9.17, 15) is 9.59 Å². The zero-order chi connectivity index (χ0) is 15.1. The number of halogens is 1. The number of nitrogens with zero attached hydrogens (tertiary/aromatic N) is 1.